The number of anilines is 1. The molecular formula is C31H29N9O. The molecule has 204 valence electrons. The third kappa shape index (κ3) is 4.89. The van der Waals surface area contributed by atoms with Gasteiger partial charge in [0.05, 0.1) is 17.6 Å². The van der Waals surface area contributed by atoms with Crippen molar-refractivity contribution in [3.8, 4) is 17.1 Å². The fourth-order valence-electron chi connectivity index (χ4n) is 5.14. The number of fused-ring (bicyclic) bond motifs is 2. The molecule has 3 aromatic carbocycles. The first-order chi connectivity index (χ1) is 20.1. The second-order valence-corrected chi connectivity index (χ2v) is 10.2. The Morgan fingerprint density at radius 3 is 2.41 bits per heavy atom. The molecule has 7 rings (SSSR count). The summed E-state index contributed by atoms with van der Waals surface area (Å²) in [5.74, 6) is 2.00. The van der Waals surface area contributed by atoms with Gasteiger partial charge in [-0.2, -0.15) is 0 Å². The van der Waals surface area contributed by atoms with Gasteiger partial charge in [-0.1, -0.05) is 42.5 Å². The first-order valence-corrected chi connectivity index (χ1v) is 13.7. The van der Waals surface area contributed by atoms with Crippen molar-refractivity contribution in [3.05, 3.63) is 96.6 Å². The lowest BCUT2D eigenvalue weighted by Crippen LogP contribution is -2.47. The fraction of sp³-hybridized carbons (Fsp3) is 0.194. The molecule has 1 aliphatic rings. The van der Waals surface area contributed by atoms with Crippen LogP contribution in [0, 0.1) is 0 Å². The van der Waals surface area contributed by atoms with E-state index >= 15 is 0 Å². The molecular weight excluding hydrogens is 514 g/mol. The smallest absolute Gasteiger partial charge is 0.253 e. The summed E-state index contributed by atoms with van der Waals surface area (Å²) in [5, 5.41) is 3.43. The molecule has 0 spiro atoms. The van der Waals surface area contributed by atoms with Gasteiger partial charge < -0.3 is 20.1 Å². The number of likely N-dealkylation sites (N-methyl/N-ethyl adjacent to an activating group) is 1. The normalized spacial score (nSPS) is 14.1. The predicted molar refractivity (Wildman–Crippen MR) is 159 cm³/mol. The van der Waals surface area contributed by atoms with Crippen molar-refractivity contribution >= 4 is 33.9 Å². The lowest BCUT2D eigenvalue weighted by atomic mass is 10.1. The van der Waals surface area contributed by atoms with Crippen LogP contribution in [0.25, 0.3) is 39.3 Å². The van der Waals surface area contributed by atoms with Gasteiger partial charge in [0.15, 0.2) is 22.8 Å². The molecule has 10 nitrogen and oxygen atoms in total. The lowest BCUT2D eigenvalue weighted by Gasteiger charge is -2.32. The van der Waals surface area contributed by atoms with Crippen molar-refractivity contribution in [2.45, 2.75) is 6.54 Å². The maximum absolute atomic E-state index is 13.1. The van der Waals surface area contributed by atoms with Crippen molar-refractivity contribution in [1.29, 1.82) is 0 Å². The van der Waals surface area contributed by atoms with Crippen LogP contribution in [0.5, 0.6) is 0 Å². The Bertz CT molecular complexity index is 1800. The van der Waals surface area contributed by atoms with Gasteiger partial charge in [-0.05, 0) is 43.4 Å². The molecule has 1 saturated heterocycles. The minimum absolute atomic E-state index is 0.0522. The summed E-state index contributed by atoms with van der Waals surface area (Å²) in [6.07, 6.45) is 1.77. The monoisotopic (exact) mass is 543 g/mol. The molecule has 1 aliphatic heterocycles. The third-order valence-electron chi connectivity index (χ3n) is 7.47. The number of hydrogen-bond acceptors (Lipinski definition) is 7. The Hall–Kier alpha value is -5.09. The number of hydrogen-bond donors (Lipinski definition) is 2. The third-order valence-corrected chi connectivity index (χ3v) is 7.47. The Morgan fingerprint density at radius 1 is 0.878 bits per heavy atom. The summed E-state index contributed by atoms with van der Waals surface area (Å²) < 4.78 is 1.96. The number of para-hydroxylation sites is 3. The Morgan fingerprint density at radius 2 is 1.63 bits per heavy atom. The van der Waals surface area contributed by atoms with Crippen molar-refractivity contribution in [2.24, 2.45) is 0 Å². The Labute approximate surface area is 236 Å². The molecule has 0 unspecified atom stereocenters. The molecule has 41 heavy (non-hydrogen) atoms. The van der Waals surface area contributed by atoms with E-state index in [1.54, 1.807) is 6.33 Å². The van der Waals surface area contributed by atoms with Crippen LogP contribution in [-0.4, -0.2) is 78.4 Å². The van der Waals surface area contributed by atoms with E-state index in [0.29, 0.717) is 34.9 Å². The number of piperazine rings is 1. The molecule has 0 atom stereocenters. The topological polar surface area (TPSA) is 108 Å². The van der Waals surface area contributed by atoms with Crippen LogP contribution in [0.15, 0.2) is 85.2 Å². The van der Waals surface area contributed by atoms with Gasteiger partial charge in [-0.3, -0.25) is 9.36 Å². The van der Waals surface area contributed by atoms with E-state index in [1.165, 1.54) is 0 Å². The van der Waals surface area contributed by atoms with Crippen LogP contribution < -0.4 is 5.32 Å². The first-order valence-electron chi connectivity index (χ1n) is 13.7. The van der Waals surface area contributed by atoms with E-state index in [9.17, 15) is 4.79 Å². The van der Waals surface area contributed by atoms with E-state index in [4.69, 9.17) is 9.97 Å². The molecule has 0 saturated carbocycles. The Balaban J connectivity index is 1.23. The molecule has 2 N–H and O–H groups in total. The van der Waals surface area contributed by atoms with E-state index in [1.807, 2.05) is 88.3 Å². The summed E-state index contributed by atoms with van der Waals surface area (Å²) >= 11 is 0. The molecule has 10 heteroatoms. The highest BCUT2D eigenvalue weighted by molar-refractivity contribution is 5.95. The van der Waals surface area contributed by atoms with Crippen LogP contribution in [-0.2, 0) is 6.54 Å². The molecule has 1 amide bonds. The first kappa shape index (κ1) is 24.9. The summed E-state index contributed by atoms with van der Waals surface area (Å²) in [5.41, 5.74) is 5.68. The predicted octanol–water partition coefficient (Wildman–Crippen LogP) is 4.36. The summed E-state index contributed by atoms with van der Waals surface area (Å²) in [6, 6.07) is 25.5. The highest BCUT2D eigenvalue weighted by Gasteiger charge is 2.21. The lowest BCUT2D eigenvalue weighted by molar-refractivity contribution is 0.0664. The molecule has 4 heterocycles. The number of carbonyl (C=O) groups excluding carboxylic acids is 1. The maximum Gasteiger partial charge on any atom is 0.253 e. The van der Waals surface area contributed by atoms with Crippen LogP contribution in [0.3, 0.4) is 0 Å². The van der Waals surface area contributed by atoms with Crippen LogP contribution in [0.1, 0.15) is 16.2 Å². The minimum atomic E-state index is 0.0522. The fourth-order valence-corrected chi connectivity index (χ4v) is 5.14. The number of aromatic nitrogens is 6. The van der Waals surface area contributed by atoms with Gasteiger partial charge in [0.1, 0.15) is 12.2 Å². The molecule has 6 aromatic rings. The van der Waals surface area contributed by atoms with Crippen LogP contribution in [0.2, 0.25) is 0 Å². The van der Waals surface area contributed by atoms with Gasteiger partial charge in [0.2, 0.25) is 0 Å². The van der Waals surface area contributed by atoms with Crippen LogP contribution in [0.4, 0.5) is 5.82 Å². The molecule has 0 bridgehead atoms. The average Bonchev–Trinajstić information content (AvgIpc) is 3.65. The van der Waals surface area contributed by atoms with Gasteiger partial charge in [-0.15, -0.1) is 0 Å². The highest BCUT2D eigenvalue weighted by Crippen LogP contribution is 2.27. The van der Waals surface area contributed by atoms with Crippen molar-refractivity contribution in [3.63, 3.8) is 0 Å². The zero-order valence-corrected chi connectivity index (χ0v) is 22.7. The maximum atomic E-state index is 13.1. The Kier molecular flexibility index (Phi) is 6.36. The van der Waals surface area contributed by atoms with E-state index in [0.717, 1.165) is 54.3 Å². The summed E-state index contributed by atoms with van der Waals surface area (Å²) in [7, 11) is 2.08. The largest absolute Gasteiger partial charge is 0.361 e. The van der Waals surface area contributed by atoms with Crippen molar-refractivity contribution in [1.82, 2.24) is 39.3 Å². The summed E-state index contributed by atoms with van der Waals surface area (Å²) in [4.78, 5) is 39.7. The number of carbonyl (C=O) groups is 1. The minimum Gasteiger partial charge on any atom is -0.361 e. The van der Waals surface area contributed by atoms with Crippen molar-refractivity contribution < 1.29 is 4.79 Å². The zero-order valence-electron chi connectivity index (χ0n) is 22.7. The van der Waals surface area contributed by atoms with Crippen LogP contribution >= 0.6 is 0 Å². The second-order valence-electron chi connectivity index (χ2n) is 10.2. The summed E-state index contributed by atoms with van der Waals surface area (Å²) in [6.45, 7) is 3.69. The number of H-pyrrole nitrogens is 1. The van der Waals surface area contributed by atoms with E-state index < -0.39 is 0 Å². The van der Waals surface area contributed by atoms with Gasteiger partial charge in [-0.25, -0.2) is 19.9 Å². The van der Waals surface area contributed by atoms with Gasteiger partial charge in [0, 0.05) is 43.0 Å². The zero-order chi connectivity index (χ0) is 27.8. The second kappa shape index (κ2) is 10.5. The highest BCUT2D eigenvalue weighted by atomic mass is 16.2. The molecule has 0 aliphatic carbocycles. The number of aromatic amines is 1. The number of rotatable bonds is 6. The standard InChI is InChI=1S/C31H29N9O/c1-38-15-17-39(18-16-38)31(41)22-13-11-21(12-14-22)28-36-29(32-19-26-34-24-9-5-6-10-25(24)35-26)27-30(37-28)40(20-33-27)23-7-3-2-4-8-23/h2-14,20H,15-19H2,1H3,(H,34,35)(H,32,36,37). The quantitative estimate of drug-likeness (QED) is 0.321. The molecule has 1 fully saturated rings. The van der Waals surface area contributed by atoms with E-state index in [2.05, 4.69) is 32.2 Å². The number of nitrogens with one attached hydrogen (secondary N) is 2. The number of imidazole rings is 2. The van der Waals surface area contributed by atoms with Crippen molar-refractivity contribution in [2.75, 3.05) is 38.5 Å². The van der Waals surface area contributed by atoms with E-state index in [-0.39, 0.29) is 5.91 Å². The SMILES string of the molecule is CN1CCN(C(=O)c2ccc(-c3nc(NCc4nc5ccccc5[nH]4)c4ncn(-c5ccccc5)c4n3)cc2)CC1. The number of amides is 1. The number of nitrogens with zero attached hydrogens (tertiary/aromatic N) is 7. The van der Waals surface area contributed by atoms with Gasteiger partial charge >= 0.3 is 0 Å². The average molecular weight is 544 g/mol. The number of benzene rings is 3. The molecule has 3 aromatic heterocycles. The van der Waals surface area contributed by atoms with Gasteiger partial charge in [0.25, 0.3) is 5.91 Å². The molecule has 0 radical (unpaired) electrons.